The summed E-state index contributed by atoms with van der Waals surface area (Å²) >= 11 is 0. The Morgan fingerprint density at radius 1 is 1.04 bits per heavy atom. The Bertz CT molecular complexity index is 663. The Labute approximate surface area is 161 Å². The Balaban J connectivity index is 1.94. The number of nitrogens with one attached hydrogen (secondary N) is 2. The van der Waals surface area contributed by atoms with Gasteiger partial charge in [-0.05, 0) is 44.7 Å². The summed E-state index contributed by atoms with van der Waals surface area (Å²) in [7, 11) is 0. The van der Waals surface area contributed by atoms with Crippen LogP contribution in [0.4, 0.5) is 0 Å². The van der Waals surface area contributed by atoms with Crippen molar-refractivity contribution in [1.82, 2.24) is 10.6 Å². The lowest BCUT2D eigenvalue weighted by atomic mass is 10.0. The lowest BCUT2D eigenvalue weighted by molar-refractivity contribution is -0.157. The van der Waals surface area contributed by atoms with Gasteiger partial charge < -0.3 is 15.4 Å². The second-order valence-corrected chi connectivity index (χ2v) is 7.63. The molecule has 2 unspecified atom stereocenters. The number of amides is 2. The Morgan fingerprint density at radius 3 is 2.19 bits per heavy atom. The van der Waals surface area contributed by atoms with Crippen LogP contribution in [0.2, 0.25) is 0 Å². The molecule has 6 heteroatoms. The molecule has 148 valence electrons. The highest BCUT2D eigenvalue weighted by Crippen LogP contribution is 2.18. The monoisotopic (exact) mass is 374 g/mol. The van der Waals surface area contributed by atoms with Crippen LogP contribution in [0, 0.1) is 12.8 Å². The van der Waals surface area contributed by atoms with Gasteiger partial charge in [0.2, 0.25) is 0 Å². The average Bonchev–Trinajstić information content (AvgIpc) is 3.12. The minimum absolute atomic E-state index is 0.167. The molecular formula is C21H30N2O4. The zero-order valence-corrected chi connectivity index (χ0v) is 16.6. The fourth-order valence-corrected chi connectivity index (χ4v) is 3.12. The molecule has 1 aliphatic rings. The first-order chi connectivity index (χ1) is 12.8. The van der Waals surface area contributed by atoms with Crippen molar-refractivity contribution in [2.45, 2.75) is 71.6 Å². The first kappa shape index (κ1) is 20.9. The quantitative estimate of drug-likeness (QED) is 0.719. The van der Waals surface area contributed by atoms with Crippen molar-refractivity contribution < 1.29 is 19.1 Å². The third-order valence-corrected chi connectivity index (χ3v) is 4.88. The van der Waals surface area contributed by atoms with Gasteiger partial charge in [-0.25, -0.2) is 4.79 Å². The normalized spacial score (nSPS) is 16.6. The highest BCUT2D eigenvalue weighted by Gasteiger charge is 2.30. The number of carbonyl (C=O) groups is 3. The van der Waals surface area contributed by atoms with Crippen molar-refractivity contribution in [3.63, 3.8) is 0 Å². The Hall–Kier alpha value is -2.37. The molecule has 0 aliphatic heterocycles. The van der Waals surface area contributed by atoms with Crippen LogP contribution in [0.25, 0.3) is 0 Å². The summed E-state index contributed by atoms with van der Waals surface area (Å²) in [5, 5.41) is 5.64. The van der Waals surface area contributed by atoms with Gasteiger partial charge in [-0.3, -0.25) is 9.59 Å². The van der Waals surface area contributed by atoms with Crippen molar-refractivity contribution in [1.29, 1.82) is 0 Å². The highest BCUT2D eigenvalue weighted by atomic mass is 16.5. The van der Waals surface area contributed by atoms with Gasteiger partial charge >= 0.3 is 5.97 Å². The molecule has 27 heavy (non-hydrogen) atoms. The largest absolute Gasteiger partial charge is 0.451 e. The van der Waals surface area contributed by atoms with Crippen LogP contribution in [0.1, 0.15) is 62.4 Å². The summed E-state index contributed by atoms with van der Waals surface area (Å²) in [5.41, 5.74) is 1.53. The van der Waals surface area contributed by atoms with E-state index in [-0.39, 0.29) is 23.8 Å². The van der Waals surface area contributed by atoms with Crippen molar-refractivity contribution in [2.75, 3.05) is 0 Å². The van der Waals surface area contributed by atoms with Gasteiger partial charge in [-0.1, -0.05) is 44.4 Å². The summed E-state index contributed by atoms with van der Waals surface area (Å²) in [5.74, 6) is -1.40. The van der Waals surface area contributed by atoms with Crippen molar-refractivity contribution >= 4 is 17.8 Å². The zero-order valence-electron chi connectivity index (χ0n) is 16.6. The fourth-order valence-electron chi connectivity index (χ4n) is 3.12. The lowest BCUT2D eigenvalue weighted by Gasteiger charge is -2.23. The minimum Gasteiger partial charge on any atom is -0.451 e. The van der Waals surface area contributed by atoms with Crippen LogP contribution in [0.5, 0.6) is 0 Å². The van der Waals surface area contributed by atoms with Crippen LogP contribution >= 0.6 is 0 Å². The van der Waals surface area contributed by atoms with Crippen LogP contribution in [-0.2, 0) is 14.3 Å². The maximum atomic E-state index is 12.5. The number of hydrogen-bond donors (Lipinski definition) is 2. The van der Waals surface area contributed by atoms with Crippen LogP contribution in [-0.4, -0.2) is 36.0 Å². The first-order valence-electron chi connectivity index (χ1n) is 9.66. The predicted molar refractivity (Wildman–Crippen MR) is 103 cm³/mol. The summed E-state index contributed by atoms with van der Waals surface area (Å²) in [4.78, 5) is 37.2. The van der Waals surface area contributed by atoms with E-state index in [1.54, 1.807) is 19.1 Å². The van der Waals surface area contributed by atoms with Gasteiger partial charge in [-0.15, -0.1) is 0 Å². The number of ether oxygens (including phenoxy) is 1. The van der Waals surface area contributed by atoms with Gasteiger partial charge in [0.15, 0.2) is 6.10 Å². The molecular weight excluding hydrogens is 344 g/mol. The Morgan fingerprint density at radius 2 is 1.63 bits per heavy atom. The molecule has 1 aromatic carbocycles. The molecule has 0 radical (unpaired) electrons. The summed E-state index contributed by atoms with van der Waals surface area (Å²) in [6.45, 7) is 7.14. The second kappa shape index (κ2) is 9.53. The molecule has 0 heterocycles. The standard InChI is InChI=1S/C21H30N2O4/c1-13(2)18(23-20(25)16-11-9-14(3)10-12-16)21(26)27-15(4)19(24)22-17-7-5-6-8-17/h9-13,15,17-18H,5-8H2,1-4H3,(H,22,24)(H,23,25). The van der Waals surface area contributed by atoms with Crippen molar-refractivity contribution in [3.8, 4) is 0 Å². The molecule has 0 spiro atoms. The third kappa shape index (κ3) is 6.08. The number of benzene rings is 1. The van der Waals surface area contributed by atoms with E-state index < -0.39 is 18.1 Å². The average molecular weight is 374 g/mol. The molecule has 1 aromatic rings. The fraction of sp³-hybridized carbons (Fsp3) is 0.571. The number of rotatable bonds is 7. The van der Waals surface area contributed by atoms with E-state index in [9.17, 15) is 14.4 Å². The van der Waals surface area contributed by atoms with E-state index in [2.05, 4.69) is 10.6 Å². The molecule has 1 aliphatic carbocycles. The molecule has 6 nitrogen and oxygen atoms in total. The summed E-state index contributed by atoms with van der Waals surface area (Å²) in [6, 6.07) is 6.46. The van der Waals surface area contributed by atoms with E-state index in [0.717, 1.165) is 31.2 Å². The van der Waals surface area contributed by atoms with E-state index in [1.165, 1.54) is 0 Å². The van der Waals surface area contributed by atoms with Gasteiger partial charge in [0.25, 0.3) is 11.8 Å². The summed E-state index contributed by atoms with van der Waals surface area (Å²) < 4.78 is 5.34. The topological polar surface area (TPSA) is 84.5 Å². The zero-order chi connectivity index (χ0) is 20.0. The van der Waals surface area contributed by atoms with Gasteiger partial charge in [-0.2, -0.15) is 0 Å². The predicted octanol–water partition coefficient (Wildman–Crippen LogP) is 2.74. The Kier molecular flexibility index (Phi) is 7.39. The smallest absolute Gasteiger partial charge is 0.329 e. The molecule has 2 rings (SSSR count). The van der Waals surface area contributed by atoms with Gasteiger partial charge in [0.05, 0.1) is 0 Å². The highest BCUT2D eigenvalue weighted by molar-refractivity contribution is 5.97. The van der Waals surface area contributed by atoms with Gasteiger partial charge in [0, 0.05) is 11.6 Å². The third-order valence-electron chi connectivity index (χ3n) is 4.88. The van der Waals surface area contributed by atoms with Gasteiger partial charge in [0.1, 0.15) is 6.04 Å². The van der Waals surface area contributed by atoms with Crippen LogP contribution < -0.4 is 10.6 Å². The second-order valence-electron chi connectivity index (χ2n) is 7.63. The molecule has 2 amide bonds. The van der Waals surface area contributed by atoms with Crippen molar-refractivity contribution in [2.24, 2.45) is 5.92 Å². The molecule has 1 fully saturated rings. The molecule has 2 atom stereocenters. The molecule has 0 saturated heterocycles. The minimum atomic E-state index is -0.893. The summed E-state index contributed by atoms with van der Waals surface area (Å²) in [6.07, 6.45) is 3.26. The number of carbonyl (C=O) groups excluding carboxylic acids is 3. The molecule has 1 saturated carbocycles. The number of esters is 1. The van der Waals surface area contributed by atoms with Crippen LogP contribution in [0.15, 0.2) is 24.3 Å². The molecule has 2 N–H and O–H groups in total. The van der Waals surface area contributed by atoms with E-state index in [0.29, 0.717) is 5.56 Å². The maximum Gasteiger partial charge on any atom is 0.329 e. The van der Waals surface area contributed by atoms with E-state index >= 15 is 0 Å². The number of hydrogen-bond acceptors (Lipinski definition) is 4. The lowest BCUT2D eigenvalue weighted by Crippen LogP contribution is -2.48. The first-order valence-corrected chi connectivity index (χ1v) is 9.66. The van der Waals surface area contributed by atoms with Crippen molar-refractivity contribution in [3.05, 3.63) is 35.4 Å². The van der Waals surface area contributed by atoms with E-state index in [1.807, 2.05) is 32.9 Å². The van der Waals surface area contributed by atoms with E-state index in [4.69, 9.17) is 4.74 Å². The molecule has 0 bridgehead atoms. The molecule has 0 aromatic heterocycles. The maximum absolute atomic E-state index is 12.5. The SMILES string of the molecule is Cc1ccc(C(=O)NC(C(=O)OC(C)C(=O)NC2CCCC2)C(C)C)cc1. The van der Waals surface area contributed by atoms with Crippen LogP contribution in [0.3, 0.4) is 0 Å². The number of aryl methyl sites for hydroxylation is 1.